The molecule has 3 aromatic carbocycles. The van der Waals surface area contributed by atoms with Crippen molar-refractivity contribution in [3.63, 3.8) is 0 Å². The van der Waals surface area contributed by atoms with Gasteiger partial charge in [-0.3, -0.25) is 9.59 Å². The normalized spacial score (nSPS) is 12.3. The number of hydrogen-bond donors (Lipinski definition) is 1. The van der Waals surface area contributed by atoms with Crippen molar-refractivity contribution < 1.29 is 19.1 Å². The van der Waals surface area contributed by atoms with Gasteiger partial charge in [0.25, 0.3) is 0 Å². The maximum Gasteiger partial charge on any atom is 0.317 e. The number of hydrogen-bond acceptors (Lipinski definition) is 4. The van der Waals surface area contributed by atoms with Crippen LogP contribution in [0, 0.1) is 0 Å². The van der Waals surface area contributed by atoms with E-state index in [-0.39, 0.29) is 11.5 Å². The van der Waals surface area contributed by atoms with Crippen LogP contribution in [0.4, 0.5) is 0 Å². The molecule has 1 N–H and O–H groups in total. The van der Waals surface area contributed by atoms with Crippen molar-refractivity contribution in [2.45, 2.75) is 11.7 Å². The number of thioether (sulfide) groups is 1. The van der Waals surface area contributed by atoms with Gasteiger partial charge in [0.1, 0.15) is 16.4 Å². The second kappa shape index (κ2) is 7.29. The average Bonchev–Trinajstić information content (AvgIpc) is 3.06. The van der Waals surface area contributed by atoms with E-state index in [1.165, 1.54) is 0 Å². The fourth-order valence-corrected chi connectivity index (χ4v) is 3.97. The highest BCUT2D eigenvalue weighted by Gasteiger charge is 2.23. The van der Waals surface area contributed by atoms with Gasteiger partial charge in [-0.25, -0.2) is 0 Å². The van der Waals surface area contributed by atoms with E-state index >= 15 is 0 Å². The molecule has 0 unspecified atom stereocenters. The minimum absolute atomic E-state index is 0.238. The Morgan fingerprint density at radius 3 is 2.37 bits per heavy atom. The van der Waals surface area contributed by atoms with Crippen LogP contribution >= 0.6 is 11.8 Å². The molecule has 0 radical (unpaired) electrons. The first kappa shape index (κ1) is 17.4. The Labute approximate surface area is 159 Å². The largest absolute Gasteiger partial charge is 0.480 e. The van der Waals surface area contributed by atoms with Crippen LogP contribution in [0.3, 0.4) is 0 Å². The summed E-state index contributed by atoms with van der Waals surface area (Å²) in [6.07, 6.45) is 0.258. The number of carbonyl (C=O) groups excluding carboxylic acids is 1. The number of carboxylic acid groups (broad SMARTS) is 1. The minimum atomic E-state index is -0.999. The van der Waals surface area contributed by atoms with Crippen LogP contribution in [0.5, 0.6) is 0 Å². The number of carbonyl (C=O) groups is 2. The molecule has 4 aromatic rings. The lowest BCUT2D eigenvalue weighted by Crippen LogP contribution is -2.21. The van der Waals surface area contributed by atoms with Crippen LogP contribution < -0.4 is 0 Å². The first-order chi connectivity index (χ1) is 13.1. The Morgan fingerprint density at radius 1 is 0.889 bits per heavy atom. The highest BCUT2D eigenvalue weighted by molar-refractivity contribution is 8.15. The maximum atomic E-state index is 12.4. The quantitative estimate of drug-likeness (QED) is 0.521. The lowest BCUT2D eigenvalue weighted by atomic mass is 10.1. The minimum Gasteiger partial charge on any atom is -0.480 e. The zero-order valence-electron chi connectivity index (χ0n) is 14.3. The third-order valence-corrected chi connectivity index (χ3v) is 5.50. The molecule has 1 atom stereocenters. The van der Waals surface area contributed by atoms with Crippen molar-refractivity contribution in [1.29, 1.82) is 0 Å². The number of aliphatic carboxylic acids is 1. The predicted octanol–water partition coefficient (Wildman–Crippen LogP) is 5.16. The monoisotopic (exact) mass is 376 g/mol. The second-order valence-corrected chi connectivity index (χ2v) is 7.41. The Morgan fingerprint density at radius 2 is 1.59 bits per heavy atom. The summed E-state index contributed by atoms with van der Waals surface area (Å²) >= 11 is 0.850. The predicted molar refractivity (Wildman–Crippen MR) is 107 cm³/mol. The molecular weight excluding hydrogens is 360 g/mol. The van der Waals surface area contributed by atoms with E-state index in [4.69, 9.17) is 4.42 Å². The van der Waals surface area contributed by atoms with Crippen LogP contribution in [0.25, 0.3) is 21.9 Å². The van der Waals surface area contributed by atoms with Crippen molar-refractivity contribution in [3.05, 3.63) is 83.9 Å². The van der Waals surface area contributed by atoms with Gasteiger partial charge in [-0.05, 0) is 30.2 Å². The van der Waals surface area contributed by atoms with E-state index in [0.717, 1.165) is 39.3 Å². The number of rotatable bonds is 5. The molecule has 0 aliphatic rings. The second-order valence-electron chi connectivity index (χ2n) is 6.23. The molecule has 0 saturated carbocycles. The number of para-hydroxylation sites is 1. The lowest BCUT2D eigenvalue weighted by Gasteiger charge is -2.11. The molecule has 0 aliphatic heterocycles. The van der Waals surface area contributed by atoms with E-state index in [0.29, 0.717) is 5.56 Å². The number of carboxylic acids is 1. The zero-order chi connectivity index (χ0) is 18.8. The molecular formula is C22H16O4S. The van der Waals surface area contributed by atoms with Crippen LogP contribution in [0.15, 0.2) is 77.2 Å². The van der Waals surface area contributed by atoms with Gasteiger partial charge in [-0.1, -0.05) is 66.4 Å². The van der Waals surface area contributed by atoms with Crippen molar-refractivity contribution >= 4 is 44.8 Å². The van der Waals surface area contributed by atoms with Crippen molar-refractivity contribution in [1.82, 2.24) is 0 Å². The molecule has 0 bridgehead atoms. The van der Waals surface area contributed by atoms with Crippen molar-refractivity contribution in [2.75, 3.05) is 0 Å². The molecule has 0 aliphatic carbocycles. The molecule has 0 saturated heterocycles. The molecule has 0 amide bonds. The van der Waals surface area contributed by atoms with Gasteiger partial charge in [0.05, 0.1) is 0 Å². The van der Waals surface area contributed by atoms with Crippen molar-refractivity contribution in [3.8, 4) is 0 Å². The Bertz CT molecular complexity index is 1130. The zero-order valence-corrected chi connectivity index (χ0v) is 15.1. The molecule has 5 heteroatoms. The molecule has 1 aromatic heterocycles. The number of furan rings is 1. The molecule has 4 rings (SSSR count). The maximum absolute atomic E-state index is 12.4. The van der Waals surface area contributed by atoms with Crippen LogP contribution in [0.2, 0.25) is 0 Å². The third kappa shape index (κ3) is 3.59. The van der Waals surface area contributed by atoms with Gasteiger partial charge in [0.15, 0.2) is 0 Å². The lowest BCUT2D eigenvalue weighted by molar-refractivity contribution is -0.136. The summed E-state index contributed by atoms with van der Waals surface area (Å²) in [5, 5.41) is 10.4. The third-order valence-electron chi connectivity index (χ3n) is 4.40. The van der Waals surface area contributed by atoms with Gasteiger partial charge in [0.2, 0.25) is 5.12 Å². The topological polar surface area (TPSA) is 67.5 Å². The fraction of sp³-hybridized carbons (Fsp3) is 0.0909. The summed E-state index contributed by atoms with van der Waals surface area (Å²) < 4.78 is 5.81. The smallest absolute Gasteiger partial charge is 0.317 e. The molecule has 134 valence electrons. The summed E-state index contributed by atoms with van der Waals surface area (Å²) in [5.41, 5.74) is 2.92. The summed E-state index contributed by atoms with van der Waals surface area (Å²) in [6, 6.07) is 22.1. The summed E-state index contributed by atoms with van der Waals surface area (Å²) in [7, 11) is 0. The van der Waals surface area contributed by atoms with E-state index in [2.05, 4.69) is 0 Å². The summed E-state index contributed by atoms with van der Waals surface area (Å²) in [5.74, 6) is -0.999. The van der Waals surface area contributed by atoms with Gasteiger partial charge < -0.3 is 9.52 Å². The highest BCUT2D eigenvalue weighted by atomic mass is 32.2. The SMILES string of the molecule is O=C(S[C@@H](Cc1ccc2oc3ccccc3c2c1)C(=O)O)c1ccccc1. The van der Waals surface area contributed by atoms with E-state index < -0.39 is 11.2 Å². The van der Waals surface area contributed by atoms with Gasteiger partial charge in [-0.15, -0.1) is 0 Å². The van der Waals surface area contributed by atoms with Crippen LogP contribution in [0.1, 0.15) is 15.9 Å². The van der Waals surface area contributed by atoms with Crippen LogP contribution in [-0.4, -0.2) is 21.4 Å². The summed E-state index contributed by atoms with van der Waals surface area (Å²) in [6.45, 7) is 0. The Kier molecular flexibility index (Phi) is 4.69. The summed E-state index contributed by atoms with van der Waals surface area (Å²) in [4.78, 5) is 24.1. The van der Waals surface area contributed by atoms with E-state index in [9.17, 15) is 14.7 Å². The number of benzene rings is 3. The Balaban J connectivity index is 1.60. The highest BCUT2D eigenvalue weighted by Crippen LogP contribution is 2.30. The van der Waals surface area contributed by atoms with Gasteiger partial charge in [-0.2, -0.15) is 0 Å². The number of fused-ring (bicyclic) bond motifs is 3. The average molecular weight is 376 g/mol. The standard InChI is InChI=1S/C22H16O4S/c23-21(24)20(27-22(25)15-6-2-1-3-7-15)13-14-10-11-19-17(12-14)16-8-4-5-9-18(16)26-19/h1-12,20H,13H2,(H,23,24)/t20-/m0/s1. The molecule has 0 spiro atoms. The van der Waals surface area contributed by atoms with Crippen molar-refractivity contribution in [2.24, 2.45) is 0 Å². The van der Waals surface area contributed by atoms with Gasteiger partial charge >= 0.3 is 5.97 Å². The Hall–Kier alpha value is -3.05. The molecule has 1 heterocycles. The molecule has 27 heavy (non-hydrogen) atoms. The van der Waals surface area contributed by atoms with Crippen LogP contribution in [-0.2, 0) is 11.2 Å². The van der Waals surface area contributed by atoms with E-state index in [1.807, 2.05) is 48.5 Å². The molecule has 0 fully saturated rings. The molecule has 4 nitrogen and oxygen atoms in total. The first-order valence-corrected chi connectivity index (χ1v) is 9.39. The fourth-order valence-electron chi connectivity index (χ4n) is 3.07. The van der Waals surface area contributed by atoms with E-state index in [1.54, 1.807) is 24.3 Å². The first-order valence-electron chi connectivity index (χ1n) is 8.51. The van der Waals surface area contributed by atoms with Gasteiger partial charge in [0, 0.05) is 16.3 Å².